The molecule has 2 aromatic carbocycles. The van der Waals surface area contributed by atoms with Gasteiger partial charge in [0.2, 0.25) is 5.91 Å². The molecule has 1 atom stereocenters. The van der Waals surface area contributed by atoms with E-state index in [2.05, 4.69) is 15.2 Å². The Bertz CT molecular complexity index is 1050. The highest BCUT2D eigenvalue weighted by atomic mass is 16.2. The van der Waals surface area contributed by atoms with E-state index in [-0.39, 0.29) is 17.9 Å². The molecule has 0 spiro atoms. The van der Waals surface area contributed by atoms with Crippen LogP contribution in [0.2, 0.25) is 0 Å². The van der Waals surface area contributed by atoms with Gasteiger partial charge >= 0.3 is 0 Å². The van der Waals surface area contributed by atoms with Crippen LogP contribution in [0.25, 0.3) is 11.3 Å². The monoisotopic (exact) mass is 414 g/mol. The van der Waals surface area contributed by atoms with Crippen molar-refractivity contribution in [1.29, 1.82) is 0 Å². The van der Waals surface area contributed by atoms with Crippen molar-refractivity contribution in [2.24, 2.45) is 0 Å². The molecule has 1 aliphatic rings. The Morgan fingerprint density at radius 2 is 1.77 bits per heavy atom. The average molecular weight is 415 g/mol. The Morgan fingerprint density at radius 3 is 2.42 bits per heavy atom. The lowest BCUT2D eigenvalue weighted by Crippen LogP contribution is -2.37. The number of carbonyl (C=O) groups is 2. The van der Waals surface area contributed by atoms with Crippen LogP contribution in [0.5, 0.6) is 0 Å². The van der Waals surface area contributed by atoms with Gasteiger partial charge in [0.05, 0.1) is 11.7 Å². The lowest BCUT2D eigenvalue weighted by atomic mass is 10.1. The van der Waals surface area contributed by atoms with Gasteiger partial charge in [-0.25, -0.2) is 0 Å². The van der Waals surface area contributed by atoms with E-state index in [0.717, 1.165) is 42.1 Å². The highest BCUT2D eigenvalue weighted by molar-refractivity contribution is 6.04. The van der Waals surface area contributed by atoms with E-state index in [1.165, 1.54) is 0 Å². The molecule has 0 aliphatic carbocycles. The van der Waals surface area contributed by atoms with Gasteiger partial charge in [-0.15, -0.1) is 0 Å². The quantitative estimate of drug-likeness (QED) is 0.684. The number of likely N-dealkylation sites (N-methyl/N-ethyl adjacent to an activating group) is 1. The fourth-order valence-electron chi connectivity index (χ4n) is 3.83. The van der Waals surface area contributed by atoms with Crippen LogP contribution in [0.3, 0.4) is 0 Å². The van der Waals surface area contributed by atoms with Crippen molar-refractivity contribution in [3.63, 3.8) is 0 Å². The first-order valence-corrected chi connectivity index (χ1v) is 10.4. The van der Waals surface area contributed by atoms with E-state index in [9.17, 15) is 9.59 Å². The summed E-state index contributed by atoms with van der Waals surface area (Å²) in [6.45, 7) is 3.34. The summed E-state index contributed by atoms with van der Waals surface area (Å²) in [5.41, 5.74) is 4.29. The molecule has 1 aromatic heterocycles. The number of carbonyl (C=O) groups excluding carboxylic acids is 2. The molecular formula is C25H26N4O2. The third-order valence-electron chi connectivity index (χ3n) is 5.81. The van der Waals surface area contributed by atoms with Crippen LogP contribution < -0.4 is 10.2 Å². The lowest BCUT2D eigenvalue weighted by molar-refractivity contribution is -0.129. The second-order valence-corrected chi connectivity index (χ2v) is 7.81. The number of hydrogen-bond donors (Lipinski definition) is 1. The van der Waals surface area contributed by atoms with Gasteiger partial charge in [-0.2, -0.15) is 0 Å². The zero-order chi connectivity index (χ0) is 21.8. The summed E-state index contributed by atoms with van der Waals surface area (Å²) in [5, 5.41) is 2.95. The molecule has 1 fully saturated rings. The molecule has 1 unspecified atom stereocenters. The Labute approximate surface area is 182 Å². The summed E-state index contributed by atoms with van der Waals surface area (Å²) in [7, 11) is 1.86. The molecule has 2 amide bonds. The molecule has 3 aromatic rings. The molecule has 1 aliphatic heterocycles. The topological polar surface area (TPSA) is 65.5 Å². The number of nitrogens with one attached hydrogen (secondary N) is 1. The van der Waals surface area contributed by atoms with Gasteiger partial charge in [0.25, 0.3) is 5.91 Å². The lowest BCUT2D eigenvalue weighted by Gasteiger charge is -2.24. The van der Waals surface area contributed by atoms with Gasteiger partial charge in [0.1, 0.15) is 0 Å². The molecule has 0 bridgehead atoms. The highest BCUT2D eigenvalue weighted by Gasteiger charge is 2.27. The maximum atomic E-state index is 12.6. The predicted molar refractivity (Wildman–Crippen MR) is 123 cm³/mol. The van der Waals surface area contributed by atoms with Crippen molar-refractivity contribution < 1.29 is 9.59 Å². The van der Waals surface area contributed by atoms with Crippen LogP contribution in [0.15, 0.2) is 72.9 Å². The summed E-state index contributed by atoms with van der Waals surface area (Å²) in [4.78, 5) is 32.6. The molecule has 6 nitrogen and oxygen atoms in total. The number of benzene rings is 2. The molecule has 158 valence electrons. The first-order valence-electron chi connectivity index (χ1n) is 10.4. The average Bonchev–Trinajstić information content (AvgIpc) is 3.30. The van der Waals surface area contributed by atoms with E-state index >= 15 is 0 Å². The van der Waals surface area contributed by atoms with Crippen LogP contribution in [-0.4, -0.2) is 47.9 Å². The van der Waals surface area contributed by atoms with Crippen LogP contribution in [0.1, 0.15) is 23.7 Å². The minimum Gasteiger partial charge on any atom is -0.369 e. The van der Waals surface area contributed by atoms with Crippen LogP contribution in [-0.2, 0) is 4.79 Å². The standard InChI is InChI=1S/C25H26N4O2/c1-18(30)28(2)23-14-16-29(17-23)22-12-10-21(11-13-22)27-25(31)20-8-6-19(7-9-20)24-5-3-4-15-26-24/h3-13,15,23H,14,16-17H2,1-2H3,(H,27,31). The fourth-order valence-corrected chi connectivity index (χ4v) is 3.83. The van der Waals surface area contributed by atoms with Crippen molar-refractivity contribution in [3.8, 4) is 11.3 Å². The van der Waals surface area contributed by atoms with Crippen molar-refractivity contribution in [2.75, 3.05) is 30.4 Å². The van der Waals surface area contributed by atoms with Crippen LogP contribution in [0, 0.1) is 0 Å². The number of anilines is 2. The molecule has 2 heterocycles. The molecule has 1 N–H and O–H groups in total. The number of nitrogens with zero attached hydrogens (tertiary/aromatic N) is 3. The van der Waals surface area contributed by atoms with E-state index < -0.39 is 0 Å². The Hall–Kier alpha value is -3.67. The van der Waals surface area contributed by atoms with Crippen LogP contribution in [0.4, 0.5) is 11.4 Å². The third kappa shape index (κ3) is 4.74. The van der Waals surface area contributed by atoms with Crippen molar-refractivity contribution in [1.82, 2.24) is 9.88 Å². The molecule has 6 heteroatoms. The normalized spacial score (nSPS) is 15.5. The van der Waals surface area contributed by atoms with E-state index in [4.69, 9.17) is 0 Å². The molecule has 0 saturated carbocycles. The summed E-state index contributed by atoms with van der Waals surface area (Å²) in [5.74, 6) is -0.0531. The van der Waals surface area contributed by atoms with Crippen molar-refractivity contribution in [3.05, 3.63) is 78.5 Å². The van der Waals surface area contributed by atoms with Crippen molar-refractivity contribution in [2.45, 2.75) is 19.4 Å². The van der Waals surface area contributed by atoms with E-state index in [0.29, 0.717) is 5.56 Å². The molecule has 1 saturated heterocycles. The van der Waals surface area contributed by atoms with Gasteiger partial charge < -0.3 is 15.1 Å². The maximum absolute atomic E-state index is 12.6. The van der Waals surface area contributed by atoms with E-state index in [1.807, 2.05) is 78.7 Å². The number of hydrogen-bond acceptors (Lipinski definition) is 4. The molecular weight excluding hydrogens is 388 g/mol. The van der Waals surface area contributed by atoms with Gasteiger partial charge in [0.15, 0.2) is 0 Å². The fraction of sp³-hybridized carbons (Fsp3) is 0.240. The SMILES string of the molecule is CC(=O)N(C)C1CCN(c2ccc(NC(=O)c3ccc(-c4ccccn4)cc3)cc2)C1. The second kappa shape index (κ2) is 9.00. The van der Waals surface area contributed by atoms with E-state index in [1.54, 1.807) is 13.1 Å². The van der Waals surface area contributed by atoms with Gasteiger partial charge in [-0.3, -0.25) is 14.6 Å². The summed E-state index contributed by atoms with van der Waals surface area (Å²) in [6.07, 6.45) is 2.71. The summed E-state index contributed by atoms with van der Waals surface area (Å²) in [6, 6.07) is 21.3. The Kier molecular flexibility index (Phi) is 5.98. The largest absolute Gasteiger partial charge is 0.369 e. The molecule has 0 radical (unpaired) electrons. The van der Waals surface area contributed by atoms with Crippen molar-refractivity contribution >= 4 is 23.2 Å². The minimum atomic E-state index is -0.148. The number of aromatic nitrogens is 1. The summed E-state index contributed by atoms with van der Waals surface area (Å²) < 4.78 is 0. The van der Waals surface area contributed by atoms with Gasteiger partial charge in [-0.1, -0.05) is 18.2 Å². The van der Waals surface area contributed by atoms with Gasteiger partial charge in [-0.05, 0) is 55.0 Å². The molecule has 4 rings (SSSR count). The molecule has 31 heavy (non-hydrogen) atoms. The third-order valence-corrected chi connectivity index (χ3v) is 5.81. The number of amides is 2. The second-order valence-electron chi connectivity index (χ2n) is 7.81. The zero-order valence-corrected chi connectivity index (χ0v) is 17.8. The zero-order valence-electron chi connectivity index (χ0n) is 17.8. The summed E-state index contributed by atoms with van der Waals surface area (Å²) >= 11 is 0. The first kappa shape index (κ1) is 20.6. The maximum Gasteiger partial charge on any atom is 0.255 e. The van der Waals surface area contributed by atoms with Gasteiger partial charge in [0, 0.05) is 55.8 Å². The minimum absolute atomic E-state index is 0.0953. The number of rotatable bonds is 5. The predicted octanol–water partition coefficient (Wildman–Crippen LogP) is 4.06. The Balaban J connectivity index is 1.37. The first-order chi connectivity index (χ1) is 15.0. The smallest absolute Gasteiger partial charge is 0.255 e. The Morgan fingerprint density at radius 1 is 1.03 bits per heavy atom. The highest BCUT2D eigenvalue weighted by Crippen LogP contribution is 2.25. The number of pyridine rings is 1. The van der Waals surface area contributed by atoms with Crippen LogP contribution >= 0.6 is 0 Å².